The molecule has 1 heterocycles. The van der Waals surface area contributed by atoms with E-state index >= 15 is 0 Å². The summed E-state index contributed by atoms with van der Waals surface area (Å²) in [6.07, 6.45) is 3.39. The number of benzene rings is 1. The van der Waals surface area contributed by atoms with Crippen molar-refractivity contribution in [3.05, 3.63) is 34.1 Å². The summed E-state index contributed by atoms with van der Waals surface area (Å²) in [7, 11) is 0. The molecule has 112 valence electrons. The quantitative estimate of drug-likeness (QED) is 0.861. The van der Waals surface area contributed by atoms with Gasteiger partial charge >= 0.3 is 0 Å². The van der Waals surface area contributed by atoms with E-state index in [4.69, 9.17) is 0 Å². The standard InChI is InChI=1S/C14H18BrFN2O.ClH/c15-12-6-11(7-13(16)8-12)14(19)18-5-3-10-2-1-4-17-9-10;/h6-8,10,17H,1-5,9H2,(H,18,19);1H. The Morgan fingerprint density at radius 2 is 2.25 bits per heavy atom. The highest BCUT2D eigenvalue weighted by Crippen LogP contribution is 2.15. The molecule has 1 atom stereocenters. The van der Waals surface area contributed by atoms with E-state index < -0.39 is 5.82 Å². The Morgan fingerprint density at radius 3 is 2.90 bits per heavy atom. The van der Waals surface area contributed by atoms with Crippen LogP contribution in [0.4, 0.5) is 4.39 Å². The lowest BCUT2D eigenvalue weighted by Crippen LogP contribution is -2.33. The molecule has 0 aromatic heterocycles. The third-order valence-electron chi connectivity index (χ3n) is 3.36. The van der Waals surface area contributed by atoms with Crippen molar-refractivity contribution in [2.24, 2.45) is 5.92 Å². The minimum atomic E-state index is -0.406. The van der Waals surface area contributed by atoms with E-state index in [1.165, 1.54) is 25.0 Å². The molecule has 0 bridgehead atoms. The van der Waals surface area contributed by atoms with Gasteiger partial charge in [-0.1, -0.05) is 15.9 Å². The summed E-state index contributed by atoms with van der Waals surface area (Å²) in [5.74, 6) is 0.00766. The van der Waals surface area contributed by atoms with Crippen LogP contribution in [0.5, 0.6) is 0 Å². The fourth-order valence-corrected chi connectivity index (χ4v) is 2.81. The maximum Gasteiger partial charge on any atom is 0.251 e. The van der Waals surface area contributed by atoms with E-state index in [9.17, 15) is 9.18 Å². The van der Waals surface area contributed by atoms with Crippen LogP contribution in [0.1, 0.15) is 29.6 Å². The molecule has 2 rings (SSSR count). The lowest BCUT2D eigenvalue weighted by molar-refractivity contribution is 0.0950. The van der Waals surface area contributed by atoms with Crippen molar-refractivity contribution in [3.63, 3.8) is 0 Å². The number of hydrogen-bond acceptors (Lipinski definition) is 2. The molecule has 0 aliphatic carbocycles. The minimum Gasteiger partial charge on any atom is -0.352 e. The SMILES string of the molecule is Cl.O=C(NCCC1CCCNC1)c1cc(F)cc(Br)c1. The largest absolute Gasteiger partial charge is 0.352 e. The first-order valence-corrected chi connectivity index (χ1v) is 7.39. The first-order valence-electron chi connectivity index (χ1n) is 6.60. The number of piperidine rings is 1. The molecule has 0 saturated carbocycles. The van der Waals surface area contributed by atoms with E-state index in [1.807, 2.05) is 0 Å². The van der Waals surface area contributed by atoms with Gasteiger partial charge in [-0.05, 0) is 56.5 Å². The van der Waals surface area contributed by atoms with E-state index in [2.05, 4.69) is 26.6 Å². The summed E-state index contributed by atoms with van der Waals surface area (Å²) in [6.45, 7) is 2.76. The van der Waals surface area contributed by atoms with Crippen molar-refractivity contribution in [1.29, 1.82) is 0 Å². The lowest BCUT2D eigenvalue weighted by atomic mass is 9.96. The summed E-state index contributed by atoms with van der Waals surface area (Å²) in [4.78, 5) is 11.9. The second kappa shape index (κ2) is 8.60. The highest BCUT2D eigenvalue weighted by molar-refractivity contribution is 9.10. The zero-order valence-electron chi connectivity index (χ0n) is 11.1. The summed E-state index contributed by atoms with van der Waals surface area (Å²) in [5.41, 5.74) is 0.355. The van der Waals surface area contributed by atoms with Gasteiger partial charge in [-0.3, -0.25) is 4.79 Å². The Hall–Kier alpha value is -0.650. The molecule has 1 aromatic carbocycles. The predicted molar refractivity (Wildman–Crippen MR) is 83.9 cm³/mol. The van der Waals surface area contributed by atoms with E-state index in [0.717, 1.165) is 19.5 Å². The number of amides is 1. The Morgan fingerprint density at radius 1 is 1.45 bits per heavy atom. The Labute approximate surface area is 133 Å². The third-order valence-corrected chi connectivity index (χ3v) is 3.82. The Bertz CT molecular complexity index is 433. The second-order valence-corrected chi connectivity index (χ2v) is 5.83. The molecule has 3 nitrogen and oxygen atoms in total. The fourth-order valence-electron chi connectivity index (χ4n) is 2.35. The number of carbonyl (C=O) groups is 1. The van der Waals surface area contributed by atoms with Crippen molar-refractivity contribution in [1.82, 2.24) is 10.6 Å². The smallest absolute Gasteiger partial charge is 0.251 e. The molecule has 1 aliphatic heterocycles. The summed E-state index contributed by atoms with van der Waals surface area (Å²) >= 11 is 3.18. The summed E-state index contributed by atoms with van der Waals surface area (Å²) in [5, 5.41) is 6.20. The summed E-state index contributed by atoms with van der Waals surface area (Å²) in [6, 6.07) is 4.22. The van der Waals surface area contributed by atoms with Crippen LogP contribution in [0.2, 0.25) is 0 Å². The monoisotopic (exact) mass is 364 g/mol. The zero-order chi connectivity index (χ0) is 13.7. The van der Waals surface area contributed by atoms with Gasteiger partial charge in [0.2, 0.25) is 0 Å². The van der Waals surface area contributed by atoms with Crippen molar-refractivity contribution in [3.8, 4) is 0 Å². The van der Waals surface area contributed by atoms with Gasteiger partial charge in [-0.25, -0.2) is 4.39 Å². The van der Waals surface area contributed by atoms with Gasteiger partial charge in [0.05, 0.1) is 0 Å². The van der Waals surface area contributed by atoms with E-state index in [0.29, 0.717) is 22.5 Å². The van der Waals surface area contributed by atoms with Gasteiger partial charge in [0.1, 0.15) is 5.82 Å². The van der Waals surface area contributed by atoms with E-state index in [1.54, 1.807) is 6.07 Å². The molecule has 1 unspecified atom stereocenters. The highest BCUT2D eigenvalue weighted by Gasteiger charge is 2.13. The van der Waals surface area contributed by atoms with Crippen LogP contribution in [-0.2, 0) is 0 Å². The highest BCUT2D eigenvalue weighted by atomic mass is 79.9. The number of carbonyl (C=O) groups excluding carboxylic acids is 1. The van der Waals surface area contributed by atoms with E-state index in [-0.39, 0.29) is 18.3 Å². The Kier molecular flexibility index (Phi) is 7.48. The average Bonchev–Trinajstić information content (AvgIpc) is 2.38. The lowest BCUT2D eigenvalue weighted by Gasteiger charge is -2.22. The molecular weight excluding hydrogens is 347 g/mol. The van der Waals surface area contributed by atoms with Crippen LogP contribution in [0, 0.1) is 11.7 Å². The molecule has 0 radical (unpaired) electrons. The van der Waals surface area contributed by atoms with Crippen LogP contribution in [-0.4, -0.2) is 25.5 Å². The van der Waals surface area contributed by atoms with Crippen molar-refractivity contribution in [2.45, 2.75) is 19.3 Å². The molecule has 1 amide bonds. The van der Waals surface area contributed by atoms with Crippen LogP contribution in [0.25, 0.3) is 0 Å². The zero-order valence-corrected chi connectivity index (χ0v) is 13.5. The molecule has 1 aromatic rings. The molecule has 1 fully saturated rings. The molecule has 6 heteroatoms. The van der Waals surface area contributed by atoms with Crippen molar-refractivity contribution in [2.75, 3.05) is 19.6 Å². The first kappa shape index (κ1) is 17.4. The van der Waals surface area contributed by atoms with Gasteiger partial charge in [0.25, 0.3) is 5.91 Å². The normalized spacial score (nSPS) is 18.2. The fraction of sp³-hybridized carbons (Fsp3) is 0.500. The number of rotatable bonds is 4. The van der Waals surface area contributed by atoms with Crippen LogP contribution in [0.3, 0.4) is 0 Å². The van der Waals surface area contributed by atoms with Crippen molar-refractivity contribution < 1.29 is 9.18 Å². The van der Waals surface area contributed by atoms with Crippen LogP contribution < -0.4 is 10.6 Å². The maximum absolute atomic E-state index is 13.2. The number of halogens is 3. The molecule has 20 heavy (non-hydrogen) atoms. The maximum atomic E-state index is 13.2. The third kappa shape index (κ3) is 5.38. The molecule has 2 N–H and O–H groups in total. The van der Waals surface area contributed by atoms with Gasteiger partial charge in [-0.2, -0.15) is 0 Å². The van der Waals surface area contributed by atoms with Gasteiger partial charge in [-0.15, -0.1) is 12.4 Å². The predicted octanol–water partition coefficient (Wildman–Crippen LogP) is 3.13. The topological polar surface area (TPSA) is 41.1 Å². The molecule has 1 aliphatic rings. The van der Waals surface area contributed by atoms with Crippen LogP contribution >= 0.6 is 28.3 Å². The van der Waals surface area contributed by atoms with Crippen LogP contribution in [0.15, 0.2) is 22.7 Å². The van der Waals surface area contributed by atoms with Gasteiger partial charge in [0, 0.05) is 16.6 Å². The van der Waals surface area contributed by atoms with Crippen molar-refractivity contribution >= 4 is 34.2 Å². The second-order valence-electron chi connectivity index (χ2n) is 4.92. The number of nitrogens with one attached hydrogen (secondary N) is 2. The Balaban J connectivity index is 0.00000200. The first-order chi connectivity index (χ1) is 9.15. The molecule has 0 spiro atoms. The molecule has 1 saturated heterocycles. The van der Waals surface area contributed by atoms with Gasteiger partial charge < -0.3 is 10.6 Å². The van der Waals surface area contributed by atoms with Gasteiger partial charge in [0.15, 0.2) is 0 Å². The average molecular weight is 366 g/mol. The molecular formula is C14H19BrClFN2O. The number of hydrogen-bond donors (Lipinski definition) is 2. The minimum absolute atomic E-state index is 0. The summed E-state index contributed by atoms with van der Waals surface area (Å²) < 4.78 is 13.8.